The van der Waals surface area contributed by atoms with Gasteiger partial charge in [0.15, 0.2) is 5.11 Å². The molecule has 0 aliphatic carbocycles. The molecule has 0 bridgehead atoms. The van der Waals surface area contributed by atoms with Crippen LogP contribution in [0.1, 0.15) is 19.8 Å². The second kappa shape index (κ2) is 6.17. The summed E-state index contributed by atoms with van der Waals surface area (Å²) < 4.78 is 12.6. The quantitative estimate of drug-likeness (QED) is 0.797. The van der Waals surface area contributed by atoms with Gasteiger partial charge < -0.3 is 10.6 Å². The van der Waals surface area contributed by atoms with Crippen LogP contribution in [-0.2, 0) is 4.79 Å². The standard InChI is InChI=1S/C11H13FN2OS/c1-2-3-10(15)14-11(16)13-9-6-4-8(12)5-7-9/h4-7H,2-3H2,1H3,(H2,13,14,15,16). The predicted octanol–water partition coefficient (Wildman–Crippen LogP) is 2.44. The maximum absolute atomic E-state index is 12.6. The SMILES string of the molecule is CCCC(=O)NC(=S)Nc1ccc(F)cc1. The monoisotopic (exact) mass is 240 g/mol. The van der Waals surface area contributed by atoms with E-state index in [1.807, 2.05) is 6.92 Å². The minimum absolute atomic E-state index is 0.123. The van der Waals surface area contributed by atoms with E-state index in [1.54, 1.807) is 12.1 Å². The zero-order chi connectivity index (χ0) is 12.0. The molecule has 0 unspecified atom stereocenters. The molecule has 1 aromatic carbocycles. The number of hydrogen-bond acceptors (Lipinski definition) is 2. The minimum Gasteiger partial charge on any atom is -0.332 e. The maximum atomic E-state index is 12.6. The average Bonchev–Trinajstić information content (AvgIpc) is 2.21. The summed E-state index contributed by atoms with van der Waals surface area (Å²) in [7, 11) is 0. The van der Waals surface area contributed by atoms with E-state index in [4.69, 9.17) is 12.2 Å². The molecular formula is C11H13FN2OS. The summed E-state index contributed by atoms with van der Waals surface area (Å²) in [6, 6.07) is 5.73. The molecule has 0 atom stereocenters. The summed E-state index contributed by atoms with van der Waals surface area (Å²) >= 11 is 4.92. The highest BCUT2D eigenvalue weighted by atomic mass is 32.1. The van der Waals surface area contributed by atoms with Crippen LogP contribution in [0.4, 0.5) is 10.1 Å². The second-order valence-corrected chi connectivity index (χ2v) is 3.67. The van der Waals surface area contributed by atoms with Crippen molar-refractivity contribution in [1.29, 1.82) is 0 Å². The summed E-state index contributed by atoms with van der Waals surface area (Å²) in [5.41, 5.74) is 0.642. The zero-order valence-corrected chi connectivity index (χ0v) is 9.73. The highest BCUT2D eigenvalue weighted by Crippen LogP contribution is 2.07. The molecule has 2 N–H and O–H groups in total. The van der Waals surface area contributed by atoms with E-state index in [9.17, 15) is 9.18 Å². The lowest BCUT2D eigenvalue weighted by molar-refractivity contribution is -0.119. The second-order valence-electron chi connectivity index (χ2n) is 3.26. The van der Waals surface area contributed by atoms with Crippen LogP contribution < -0.4 is 10.6 Å². The molecule has 86 valence electrons. The van der Waals surface area contributed by atoms with Gasteiger partial charge in [-0.1, -0.05) is 6.92 Å². The predicted molar refractivity (Wildman–Crippen MR) is 65.7 cm³/mol. The van der Waals surface area contributed by atoms with E-state index in [0.29, 0.717) is 12.1 Å². The van der Waals surface area contributed by atoms with Gasteiger partial charge in [-0.05, 0) is 42.9 Å². The number of nitrogens with one attached hydrogen (secondary N) is 2. The van der Waals surface area contributed by atoms with E-state index < -0.39 is 0 Å². The largest absolute Gasteiger partial charge is 0.332 e. The molecule has 0 saturated carbocycles. The molecular weight excluding hydrogens is 227 g/mol. The van der Waals surface area contributed by atoms with Gasteiger partial charge in [-0.15, -0.1) is 0 Å². The number of halogens is 1. The Bertz CT molecular complexity index is 378. The highest BCUT2D eigenvalue weighted by Gasteiger charge is 2.03. The molecule has 5 heteroatoms. The third-order valence-corrected chi connectivity index (χ3v) is 2.04. The summed E-state index contributed by atoms with van der Waals surface area (Å²) in [6.07, 6.45) is 1.20. The number of carbonyl (C=O) groups excluding carboxylic acids is 1. The Morgan fingerprint density at radius 3 is 2.56 bits per heavy atom. The highest BCUT2D eigenvalue weighted by molar-refractivity contribution is 7.80. The molecule has 1 rings (SSSR count). The number of thiocarbonyl (C=S) groups is 1. The molecule has 0 aliphatic rings. The summed E-state index contributed by atoms with van der Waals surface area (Å²) in [5, 5.41) is 5.55. The molecule has 0 aromatic heterocycles. The molecule has 3 nitrogen and oxygen atoms in total. The van der Waals surface area contributed by atoms with Crippen molar-refractivity contribution in [2.45, 2.75) is 19.8 Å². The molecule has 0 fully saturated rings. The lowest BCUT2D eigenvalue weighted by Crippen LogP contribution is -2.33. The van der Waals surface area contributed by atoms with Crippen molar-refractivity contribution in [2.24, 2.45) is 0 Å². The van der Waals surface area contributed by atoms with Crippen LogP contribution >= 0.6 is 12.2 Å². The van der Waals surface area contributed by atoms with E-state index in [0.717, 1.165) is 6.42 Å². The van der Waals surface area contributed by atoms with Crippen molar-refractivity contribution in [2.75, 3.05) is 5.32 Å². The first-order valence-corrected chi connectivity index (χ1v) is 5.39. The number of carbonyl (C=O) groups is 1. The third kappa shape index (κ3) is 4.35. The number of amides is 1. The Hall–Kier alpha value is -1.49. The number of rotatable bonds is 3. The Morgan fingerprint density at radius 1 is 1.38 bits per heavy atom. The lowest BCUT2D eigenvalue weighted by atomic mass is 10.3. The van der Waals surface area contributed by atoms with Crippen LogP contribution in [0.25, 0.3) is 0 Å². The van der Waals surface area contributed by atoms with Gasteiger partial charge in [0, 0.05) is 12.1 Å². The van der Waals surface area contributed by atoms with Crippen LogP contribution in [-0.4, -0.2) is 11.0 Å². The van der Waals surface area contributed by atoms with Gasteiger partial charge in [-0.3, -0.25) is 4.79 Å². The number of benzene rings is 1. The molecule has 1 aromatic rings. The molecule has 16 heavy (non-hydrogen) atoms. The molecule has 0 aliphatic heterocycles. The Kier molecular flexibility index (Phi) is 4.85. The van der Waals surface area contributed by atoms with Gasteiger partial charge in [-0.2, -0.15) is 0 Å². The molecule has 1 amide bonds. The molecule has 0 saturated heterocycles. The van der Waals surface area contributed by atoms with Crippen LogP contribution in [0.3, 0.4) is 0 Å². The Labute approximate surface area is 99.0 Å². The van der Waals surface area contributed by atoms with Gasteiger partial charge in [0.2, 0.25) is 5.91 Å². The van der Waals surface area contributed by atoms with Crippen molar-refractivity contribution >= 4 is 28.9 Å². The topological polar surface area (TPSA) is 41.1 Å². The Morgan fingerprint density at radius 2 is 2.00 bits per heavy atom. The van der Waals surface area contributed by atoms with Crippen molar-refractivity contribution in [1.82, 2.24) is 5.32 Å². The summed E-state index contributed by atoms with van der Waals surface area (Å²) in [4.78, 5) is 11.2. The first-order valence-electron chi connectivity index (χ1n) is 4.98. The van der Waals surface area contributed by atoms with Gasteiger partial charge >= 0.3 is 0 Å². The average molecular weight is 240 g/mol. The van der Waals surface area contributed by atoms with E-state index in [-0.39, 0.29) is 16.8 Å². The fourth-order valence-electron chi connectivity index (χ4n) is 1.11. The normalized spacial score (nSPS) is 9.62. The van der Waals surface area contributed by atoms with Crippen molar-refractivity contribution in [3.63, 3.8) is 0 Å². The van der Waals surface area contributed by atoms with Gasteiger partial charge in [-0.25, -0.2) is 4.39 Å². The van der Waals surface area contributed by atoms with E-state index >= 15 is 0 Å². The first-order chi connectivity index (χ1) is 7.61. The number of hydrogen-bond donors (Lipinski definition) is 2. The number of anilines is 1. The fourth-order valence-corrected chi connectivity index (χ4v) is 1.34. The van der Waals surface area contributed by atoms with E-state index in [2.05, 4.69) is 10.6 Å². The molecule has 0 spiro atoms. The fraction of sp³-hybridized carbons (Fsp3) is 0.273. The first kappa shape index (κ1) is 12.6. The van der Waals surface area contributed by atoms with Crippen molar-refractivity contribution < 1.29 is 9.18 Å². The smallest absolute Gasteiger partial charge is 0.226 e. The summed E-state index contributed by atoms with van der Waals surface area (Å²) in [5.74, 6) is -0.436. The lowest BCUT2D eigenvalue weighted by Gasteiger charge is -2.08. The van der Waals surface area contributed by atoms with Crippen molar-refractivity contribution in [3.8, 4) is 0 Å². The van der Waals surface area contributed by atoms with Gasteiger partial charge in [0.25, 0.3) is 0 Å². The van der Waals surface area contributed by atoms with Gasteiger partial charge in [0.1, 0.15) is 5.82 Å². The minimum atomic E-state index is -0.313. The van der Waals surface area contributed by atoms with Crippen molar-refractivity contribution in [3.05, 3.63) is 30.1 Å². The molecule has 0 heterocycles. The van der Waals surface area contributed by atoms with Crippen LogP contribution in [0.2, 0.25) is 0 Å². The maximum Gasteiger partial charge on any atom is 0.226 e. The Balaban J connectivity index is 2.45. The van der Waals surface area contributed by atoms with Crippen LogP contribution in [0.15, 0.2) is 24.3 Å². The summed E-state index contributed by atoms with van der Waals surface area (Å²) in [6.45, 7) is 1.91. The zero-order valence-electron chi connectivity index (χ0n) is 8.92. The van der Waals surface area contributed by atoms with Crippen LogP contribution in [0, 0.1) is 5.82 Å². The van der Waals surface area contributed by atoms with E-state index in [1.165, 1.54) is 12.1 Å². The molecule has 0 radical (unpaired) electrons. The van der Waals surface area contributed by atoms with Gasteiger partial charge in [0.05, 0.1) is 0 Å². The third-order valence-electron chi connectivity index (χ3n) is 1.83. The van der Waals surface area contributed by atoms with Crippen LogP contribution in [0.5, 0.6) is 0 Å².